The third-order valence-electron chi connectivity index (χ3n) is 3.26. The molecular weight excluding hydrogens is 301 g/mol. The summed E-state index contributed by atoms with van der Waals surface area (Å²) in [5.74, 6) is 1.67. The van der Waals surface area contributed by atoms with Gasteiger partial charge in [-0.15, -0.1) is 0 Å². The van der Waals surface area contributed by atoms with Gasteiger partial charge in [0.2, 0.25) is 0 Å². The first-order valence-corrected chi connectivity index (χ1v) is 7.01. The lowest BCUT2D eigenvalue weighted by atomic mass is 10.0. The normalized spacial score (nSPS) is 22.1. The summed E-state index contributed by atoms with van der Waals surface area (Å²) in [7, 11) is 0. The molecule has 2 aromatic rings. The van der Waals surface area contributed by atoms with Crippen molar-refractivity contribution in [2.24, 2.45) is 5.92 Å². The van der Waals surface area contributed by atoms with Crippen molar-refractivity contribution in [3.05, 3.63) is 34.5 Å². The van der Waals surface area contributed by atoms with Gasteiger partial charge in [0.25, 0.3) is 0 Å². The monoisotopic (exact) mass is 313 g/mol. The van der Waals surface area contributed by atoms with Crippen LogP contribution in [0.1, 0.15) is 18.3 Å². The second-order valence-electron chi connectivity index (χ2n) is 4.58. The highest BCUT2D eigenvalue weighted by Gasteiger charge is 2.31. The van der Waals surface area contributed by atoms with Gasteiger partial charge < -0.3 is 10.1 Å². The molecule has 0 aromatic carbocycles. The summed E-state index contributed by atoms with van der Waals surface area (Å²) in [5.41, 5.74) is 0. The molecule has 3 rings (SSSR count). The number of nitrogens with zero attached hydrogens (tertiary/aromatic N) is 3. The molecule has 2 aromatic heterocycles. The number of aromatic amines is 1. The Labute approximate surface area is 125 Å². The van der Waals surface area contributed by atoms with Crippen molar-refractivity contribution in [3.8, 4) is 0 Å². The highest BCUT2D eigenvalue weighted by Crippen LogP contribution is 2.33. The summed E-state index contributed by atoms with van der Waals surface area (Å²) in [6.07, 6.45) is 3.92. The fraction of sp³-hybridized carbons (Fsp3) is 0.417. The van der Waals surface area contributed by atoms with E-state index in [1.807, 2.05) is 0 Å². The number of ether oxygens (including phenoxy) is 1. The molecular formula is C12H13Cl2N5O. The molecule has 3 heterocycles. The van der Waals surface area contributed by atoms with E-state index in [0.29, 0.717) is 29.0 Å². The average molecular weight is 314 g/mol. The molecule has 2 atom stereocenters. The maximum Gasteiger partial charge on any atom is 0.153 e. The smallest absolute Gasteiger partial charge is 0.153 e. The SMILES string of the molecule is Clc1cnc(NC[C@@H]2CCO[C@@H]2c2ncn[nH]2)c(Cl)c1. The molecule has 1 aliphatic rings. The maximum atomic E-state index is 6.08. The summed E-state index contributed by atoms with van der Waals surface area (Å²) in [6.45, 7) is 1.40. The van der Waals surface area contributed by atoms with Crippen LogP contribution < -0.4 is 5.32 Å². The van der Waals surface area contributed by atoms with Crippen LogP contribution in [0.3, 0.4) is 0 Å². The number of hydrogen-bond donors (Lipinski definition) is 2. The summed E-state index contributed by atoms with van der Waals surface area (Å²) >= 11 is 11.9. The van der Waals surface area contributed by atoms with E-state index in [2.05, 4.69) is 25.5 Å². The highest BCUT2D eigenvalue weighted by molar-refractivity contribution is 6.35. The van der Waals surface area contributed by atoms with Crippen LogP contribution in [0.2, 0.25) is 10.0 Å². The van der Waals surface area contributed by atoms with E-state index in [-0.39, 0.29) is 12.0 Å². The van der Waals surface area contributed by atoms with E-state index < -0.39 is 0 Å². The fourth-order valence-corrected chi connectivity index (χ4v) is 2.72. The Morgan fingerprint density at radius 3 is 3.05 bits per heavy atom. The lowest BCUT2D eigenvalue weighted by Crippen LogP contribution is -2.19. The van der Waals surface area contributed by atoms with E-state index in [1.54, 1.807) is 12.3 Å². The molecule has 8 heteroatoms. The van der Waals surface area contributed by atoms with E-state index in [0.717, 1.165) is 12.2 Å². The van der Waals surface area contributed by atoms with E-state index >= 15 is 0 Å². The van der Waals surface area contributed by atoms with Crippen molar-refractivity contribution < 1.29 is 4.74 Å². The summed E-state index contributed by atoms with van der Waals surface area (Å²) in [5, 5.41) is 11.0. The molecule has 6 nitrogen and oxygen atoms in total. The van der Waals surface area contributed by atoms with E-state index in [4.69, 9.17) is 27.9 Å². The number of aromatic nitrogens is 4. The third-order valence-corrected chi connectivity index (χ3v) is 3.75. The van der Waals surface area contributed by atoms with Gasteiger partial charge in [0, 0.05) is 25.3 Å². The summed E-state index contributed by atoms with van der Waals surface area (Å²) in [6, 6.07) is 1.66. The number of rotatable bonds is 4. The summed E-state index contributed by atoms with van der Waals surface area (Å²) < 4.78 is 5.70. The average Bonchev–Trinajstić information content (AvgIpc) is 3.08. The molecule has 0 saturated carbocycles. The molecule has 106 valence electrons. The zero-order chi connectivity index (χ0) is 13.9. The van der Waals surface area contributed by atoms with Crippen molar-refractivity contribution in [2.75, 3.05) is 18.5 Å². The van der Waals surface area contributed by atoms with Crippen LogP contribution in [0.25, 0.3) is 0 Å². The fourth-order valence-electron chi connectivity index (χ4n) is 2.27. The minimum absolute atomic E-state index is 0.0731. The van der Waals surface area contributed by atoms with E-state index in [9.17, 15) is 0 Å². The first-order valence-electron chi connectivity index (χ1n) is 6.26. The van der Waals surface area contributed by atoms with Gasteiger partial charge >= 0.3 is 0 Å². The number of halogens is 2. The first-order chi connectivity index (χ1) is 9.74. The second-order valence-corrected chi connectivity index (χ2v) is 5.42. The number of pyridine rings is 1. The van der Waals surface area contributed by atoms with Crippen LogP contribution in [-0.2, 0) is 4.74 Å². The Kier molecular flexibility index (Phi) is 4.05. The first kappa shape index (κ1) is 13.6. The quantitative estimate of drug-likeness (QED) is 0.907. The van der Waals surface area contributed by atoms with Gasteiger partial charge in [0.15, 0.2) is 5.82 Å². The maximum absolute atomic E-state index is 6.08. The van der Waals surface area contributed by atoms with Gasteiger partial charge in [-0.1, -0.05) is 23.2 Å². The second kappa shape index (κ2) is 5.95. The summed E-state index contributed by atoms with van der Waals surface area (Å²) in [4.78, 5) is 8.33. The molecule has 1 saturated heterocycles. The van der Waals surface area contributed by atoms with Gasteiger partial charge in [-0.2, -0.15) is 5.10 Å². The lowest BCUT2D eigenvalue weighted by Gasteiger charge is -2.17. The van der Waals surface area contributed by atoms with Gasteiger partial charge in [0.05, 0.1) is 10.0 Å². The minimum atomic E-state index is -0.0731. The van der Waals surface area contributed by atoms with Crippen LogP contribution in [-0.4, -0.2) is 33.3 Å². The molecule has 0 amide bonds. The van der Waals surface area contributed by atoms with E-state index in [1.165, 1.54) is 6.33 Å². The number of anilines is 1. The predicted molar refractivity (Wildman–Crippen MR) is 75.9 cm³/mol. The standard InChI is InChI=1S/C12H13Cl2N5O/c13-8-3-9(14)11(16-5-8)15-4-7-1-2-20-10(7)12-17-6-18-19-12/h3,5-7,10H,1-2,4H2,(H,15,16)(H,17,18,19)/t7-,10-/m0/s1. The zero-order valence-corrected chi connectivity index (χ0v) is 12.0. The van der Waals surface area contributed by atoms with Crippen molar-refractivity contribution in [3.63, 3.8) is 0 Å². The third kappa shape index (κ3) is 2.87. The lowest BCUT2D eigenvalue weighted by molar-refractivity contribution is 0.0864. The molecule has 20 heavy (non-hydrogen) atoms. The van der Waals surface area contributed by atoms with Crippen LogP contribution in [0.4, 0.5) is 5.82 Å². The van der Waals surface area contributed by atoms with Crippen LogP contribution >= 0.6 is 23.2 Å². The van der Waals surface area contributed by atoms with Crippen LogP contribution in [0, 0.1) is 5.92 Å². The van der Waals surface area contributed by atoms with Gasteiger partial charge in [-0.05, 0) is 12.5 Å². The van der Waals surface area contributed by atoms with Gasteiger partial charge in [0.1, 0.15) is 18.2 Å². The number of H-pyrrole nitrogens is 1. The van der Waals surface area contributed by atoms with Crippen molar-refractivity contribution in [2.45, 2.75) is 12.5 Å². The Morgan fingerprint density at radius 2 is 2.30 bits per heavy atom. The topological polar surface area (TPSA) is 75.7 Å². The molecule has 0 radical (unpaired) electrons. The van der Waals surface area contributed by atoms with Crippen molar-refractivity contribution in [1.82, 2.24) is 20.2 Å². The van der Waals surface area contributed by atoms with Crippen LogP contribution in [0.15, 0.2) is 18.6 Å². The molecule has 0 unspecified atom stereocenters. The Bertz CT molecular complexity index is 577. The van der Waals surface area contributed by atoms with Crippen molar-refractivity contribution >= 4 is 29.0 Å². The number of hydrogen-bond acceptors (Lipinski definition) is 5. The molecule has 1 aliphatic heterocycles. The molecule has 0 spiro atoms. The Hall–Kier alpha value is -1.37. The van der Waals surface area contributed by atoms with Crippen molar-refractivity contribution in [1.29, 1.82) is 0 Å². The number of nitrogens with one attached hydrogen (secondary N) is 2. The zero-order valence-electron chi connectivity index (χ0n) is 10.5. The molecule has 1 fully saturated rings. The largest absolute Gasteiger partial charge is 0.370 e. The van der Waals surface area contributed by atoms with Crippen LogP contribution in [0.5, 0.6) is 0 Å². The minimum Gasteiger partial charge on any atom is -0.370 e. The molecule has 2 N–H and O–H groups in total. The Balaban J connectivity index is 1.65. The Morgan fingerprint density at radius 1 is 1.40 bits per heavy atom. The highest BCUT2D eigenvalue weighted by atomic mass is 35.5. The molecule has 0 aliphatic carbocycles. The molecule has 0 bridgehead atoms. The van der Waals surface area contributed by atoms with Gasteiger partial charge in [-0.3, -0.25) is 5.10 Å². The van der Waals surface area contributed by atoms with Gasteiger partial charge in [-0.25, -0.2) is 9.97 Å². The predicted octanol–water partition coefficient (Wildman–Crippen LogP) is 2.70.